The lowest BCUT2D eigenvalue weighted by molar-refractivity contribution is 0.415. The molecule has 5 heteroatoms. The molecular formula is C15H20N4O. The molecule has 3 N–H and O–H groups in total. The molecule has 0 atom stereocenters. The summed E-state index contributed by atoms with van der Waals surface area (Å²) in [6.07, 6.45) is 0. The van der Waals surface area contributed by atoms with Gasteiger partial charge in [0.25, 0.3) is 0 Å². The Kier molecular flexibility index (Phi) is 4.20. The lowest BCUT2D eigenvalue weighted by Gasteiger charge is -2.15. The zero-order valence-electron chi connectivity index (χ0n) is 12.3. The minimum Gasteiger partial charge on any atom is -0.497 e. The van der Waals surface area contributed by atoms with E-state index in [1.165, 1.54) is 0 Å². The maximum atomic E-state index is 5.59. The van der Waals surface area contributed by atoms with Gasteiger partial charge >= 0.3 is 0 Å². The first kappa shape index (κ1) is 14.3. The molecule has 1 aromatic heterocycles. The maximum absolute atomic E-state index is 5.59. The number of aromatic nitrogens is 2. The highest BCUT2D eigenvalue weighted by Crippen LogP contribution is 2.28. The number of hydrogen-bond donors (Lipinski definition) is 2. The van der Waals surface area contributed by atoms with E-state index in [-0.39, 0.29) is 0 Å². The SMILES string of the molecule is COc1ccc(-c2nc(C)c(C(C)C)c(NN)n2)cc1. The predicted octanol–water partition coefficient (Wildman–Crippen LogP) is 2.87. The number of aryl methyl sites for hydroxylation is 1. The summed E-state index contributed by atoms with van der Waals surface area (Å²) in [7, 11) is 1.64. The Morgan fingerprint density at radius 1 is 1.15 bits per heavy atom. The Bertz CT molecular complexity index is 594. The van der Waals surface area contributed by atoms with Crippen LogP contribution in [-0.2, 0) is 0 Å². The maximum Gasteiger partial charge on any atom is 0.161 e. The molecule has 20 heavy (non-hydrogen) atoms. The molecule has 0 radical (unpaired) electrons. The van der Waals surface area contributed by atoms with E-state index < -0.39 is 0 Å². The number of nitrogens with zero attached hydrogens (tertiary/aromatic N) is 2. The number of nitrogens with one attached hydrogen (secondary N) is 1. The van der Waals surface area contributed by atoms with Crippen molar-refractivity contribution in [3.8, 4) is 17.1 Å². The third-order valence-corrected chi connectivity index (χ3v) is 3.20. The molecule has 5 nitrogen and oxygen atoms in total. The summed E-state index contributed by atoms with van der Waals surface area (Å²) < 4.78 is 5.15. The summed E-state index contributed by atoms with van der Waals surface area (Å²) in [5.41, 5.74) is 5.59. The van der Waals surface area contributed by atoms with Crippen LogP contribution in [-0.4, -0.2) is 17.1 Å². The zero-order valence-corrected chi connectivity index (χ0v) is 12.3. The van der Waals surface area contributed by atoms with Crippen LogP contribution in [0.3, 0.4) is 0 Å². The van der Waals surface area contributed by atoms with Gasteiger partial charge in [0.15, 0.2) is 5.82 Å². The molecular weight excluding hydrogens is 252 g/mol. The van der Waals surface area contributed by atoms with Crippen molar-refractivity contribution in [2.24, 2.45) is 5.84 Å². The highest BCUT2D eigenvalue weighted by Gasteiger charge is 2.14. The second-order valence-electron chi connectivity index (χ2n) is 4.92. The monoisotopic (exact) mass is 272 g/mol. The van der Waals surface area contributed by atoms with Gasteiger partial charge in [-0.15, -0.1) is 0 Å². The van der Waals surface area contributed by atoms with Gasteiger partial charge < -0.3 is 10.2 Å². The number of rotatable bonds is 4. The molecule has 0 fully saturated rings. The molecule has 1 aromatic carbocycles. The first-order chi connectivity index (χ1) is 9.56. The number of hydrazine groups is 1. The van der Waals surface area contributed by atoms with Gasteiger partial charge in [0, 0.05) is 16.8 Å². The Labute approximate surface area is 119 Å². The second kappa shape index (κ2) is 5.88. The fourth-order valence-corrected chi connectivity index (χ4v) is 2.25. The van der Waals surface area contributed by atoms with E-state index in [0.717, 1.165) is 22.6 Å². The number of hydrogen-bond acceptors (Lipinski definition) is 5. The molecule has 0 amide bonds. The van der Waals surface area contributed by atoms with E-state index in [9.17, 15) is 0 Å². The van der Waals surface area contributed by atoms with Crippen LogP contribution in [0.1, 0.15) is 31.0 Å². The van der Waals surface area contributed by atoms with Crippen molar-refractivity contribution in [1.82, 2.24) is 9.97 Å². The van der Waals surface area contributed by atoms with Crippen LogP contribution in [0.15, 0.2) is 24.3 Å². The molecule has 0 spiro atoms. The largest absolute Gasteiger partial charge is 0.497 e. The normalized spacial score (nSPS) is 10.7. The molecule has 0 aliphatic carbocycles. The quantitative estimate of drug-likeness (QED) is 0.661. The van der Waals surface area contributed by atoms with E-state index in [1.807, 2.05) is 31.2 Å². The van der Waals surface area contributed by atoms with Gasteiger partial charge in [0.05, 0.1) is 7.11 Å². The van der Waals surface area contributed by atoms with Crippen molar-refractivity contribution in [1.29, 1.82) is 0 Å². The molecule has 2 rings (SSSR count). The lowest BCUT2D eigenvalue weighted by atomic mass is 10.0. The number of benzene rings is 1. The average Bonchev–Trinajstić information content (AvgIpc) is 2.46. The molecule has 1 heterocycles. The molecule has 0 bridgehead atoms. The minimum absolute atomic E-state index is 0.311. The smallest absolute Gasteiger partial charge is 0.161 e. The molecule has 0 saturated carbocycles. The van der Waals surface area contributed by atoms with Crippen molar-refractivity contribution in [2.75, 3.05) is 12.5 Å². The number of anilines is 1. The van der Waals surface area contributed by atoms with Crippen LogP contribution in [0.4, 0.5) is 5.82 Å². The Morgan fingerprint density at radius 3 is 2.30 bits per heavy atom. The molecule has 0 aliphatic rings. The fraction of sp³-hybridized carbons (Fsp3) is 0.333. The van der Waals surface area contributed by atoms with Crippen molar-refractivity contribution in [3.63, 3.8) is 0 Å². The van der Waals surface area contributed by atoms with Crippen molar-refractivity contribution in [3.05, 3.63) is 35.5 Å². The van der Waals surface area contributed by atoms with E-state index >= 15 is 0 Å². The highest BCUT2D eigenvalue weighted by molar-refractivity contribution is 5.61. The summed E-state index contributed by atoms with van der Waals surface area (Å²) in [4.78, 5) is 9.09. The lowest BCUT2D eigenvalue weighted by Crippen LogP contribution is -2.14. The standard InChI is InChI=1S/C15H20N4O/c1-9(2)13-10(3)17-14(18-15(13)19-16)11-5-7-12(20-4)8-6-11/h5-9H,16H2,1-4H3,(H,17,18,19). The third-order valence-electron chi connectivity index (χ3n) is 3.20. The average molecular weight is 272 g/mol. The summed E-state index contributed by atoms with van der Waals surface area (Å²) in [6.45, 7) is 6.17. The Morgan fingerprint density at radius 2 is 1.80 bits per heavy atom. The van der Waals surface area contributed by atoms with E-state index in [1.54, 1.807) is 7.11 Å². The van der Waals surface area contributed by atoms with Gasteiger partial charge in [0.2, 0.25) is 0 Å². The zero-order chi connectivity index (χ0) is 14.7. The first-order valence-electron chi connectivity index (χ1n) is 6.56. The van der Waals surface area contributed by atoms with Crippen LogP contribution >= 0.6 is 0 Å². The van der Waals surface area contributed by atoms with Crippen molar-refractivity contribution < 1.29 is 4.74 Å². The van der Waals surface area contributed by atoms with Crippen molar-refractivity contribution in [2.45, 2.75) is 26.7 Å². The molecule has 0 aliphatic heterocycles. The third kappa shape index (κ3) is 2.72. The summed E-state index contributed by atoms with van der Waals surface area (Å²) >= 11 is 0. The van der Waals surface area contributed by atoms with Gasteiger partial charge in [-0.05, 0) is 37.1 Å². The van der Waals surface area contributed by atoms with Gasteiger partial charge in [-0.25, -0.2) is 15.8 Å². The summed E-state index contributed by atoms with van der Waals surface area (Å²) in [5.74, 6) is 8.04. The summed E-state index contributed by atoms with van der Waals surface area (Å²) in [6, 6.07) is 7.64. The van der Waals surface area contributed by atoms with Crippen LogP contribution in [0, 0.1) is 6.92 Å². The number of methoxy groups -OCH3 is 1. The Balaban J connectivity index is 2.49. The topological polar surface area (TPSA) is 73.1 Å². The van der Waals surface area contributed by atoms with Gasteiger partial charge in [0.1, 0.15) is 11.6 Å². The molecule has 0 saturated heterocycles. The van der Waals surface area contributed by atoms with E-state index in [4.69, 9.17) is 10.6 Å². The van der Waals surface area contributed by atoms with Crippen LogP contribution in [0.2, 0.25) is 0 Å². The van der Waals surface area contributed by atoms with Gasteiger partial charge in [-0.3, -0.25) is 0 Å². The Hall–Kier alpha value is -2.14. The fourth-order valence-electron chi connectivity index (χ4n) is 2.25. The van der Waals surface area contributed by atoms with Gasteiger partial charge in [-0.1, -0.05) is 13.8 Å². The van der Waals surface area contributed by atoms with E-state index in [0.29, 0.717) is 17.6 Å². The van der Waals surface area contributed by atoms with Crippen LogP contribution in [0.25, 0.3) is 11.4 Å². The highest BCUT2D eigenvalue weighted by atomic mass is 16.5. The van der Waals surface area contributed by atoms with Gasteiger partial charge in [-0.2, -0.15) is 0 Å². The van der Waals surface area contributed by atoms with E-state index in [2.05, 4.69) is 29.2 Å². The first-order valence-corrected chi connectivity index (χ1v) is 6.56. The molecule has 106 valence electrons. The molecule has 2 aromatic rings. The van der Waals surface area contributed by atoms with Crippen LogP contribution in [0.5, 0.6) is 5.75 Å². The van der Waals surface area contributed by atoms with Crippen molar-refractivity contribution >= 4 is 5.82 Å². The van der Waals surface area contributed by atoms with Crippen LogP contribution < -0.4 is 16.0 Å². The number of ether oxygens (including phenoxy) is 1. The minimum atomic E-state index is 0.311. The molecule has 0 unspecified atom stereocenters. The number of nitrogen functional groups attached to an aromatic ring is 1. The summed E-state index contributed by atoms with van der Waals surface area (Å²) in [5, 5.41) is 0. The number of nitrogens with two attached hydrogens (primary N) is 1. The second-order valence-corrected chi connectivity index (χ2v) is 4.92. The predicted molar refractivity (Wildman–Crippen MR) is 80.7 cm³/mol.